The molecule has 0 aromatic heterocycles. The lowest BCUT2D eigenvalue weighted by molar-refractivity contribution is -0.151. The number of hydrogen-bond donors (Lipinski definition) is 2. The molecule has 0 heterocycles. The Kier molecular flexibility index (Phi) is 81.6. The van der Waals surface area contributed by atoms with E-state index in [9.17, 15) is 28.8 Å². The van der Waals surface area contributed by atoms with Crippen LogP contribution in [0, 0.1) is 0 Å². The van der Waals surface area contributed by atoms with Crippen molar-refractivity contribution in [3.05, 3.63) is 0 Å². The number of nitrogens with zero attached hydrogens (tertiary/aromatic N) is 2. The maximum atomic E-state index is 13.2. The molecule has 2 amide bonds. The number of carbonyl (C=O) groups is 6. The molecule has 0 aliphatic rings. The molecule has 0 rings (SSSR count). The number of carbonyl (C=O) groups excluding carboxylic acids is 6. The first kappa shape index (κ1) is 103. The highest BCUT2D eigenvalue weighted by atomic mass is 16.6. The van der Waals surface area contributed by atoms with Crippen LogP contribution in [0.15, 0.2) is 0 Å². The monoisotopic (exact) mass is 1500 g/mol. The normalized spacial score (nSPS) is 11.6. The van der Waals surface area contributed by atoms with E-state index < -0.39 is 0 Å². The molecule has 0 radical (unpaired) electrons. The van der Waals surface area contributed by atoms with Crippen LogP contribution in [0.1, 0.15) is 478 Å². The fourth-order valence-electron chi connectivity index (χ4n) is 14.6. The van der Waals surface area contributed by atoms with Gasteiger partial charge >= 0.3 is 23.9 Å². The van der Waals surface area contributed by atoms with Gasteiger partial charge in [0.1, 0.15) is 12.2 Å². The SMILES string of the molecule is CCCCCCCCCCCC(=O)OCCCCCN(CCCCCCCC(=O)OC(CCCCCCCC)CCCCCCCC)CCNC(=O)CCC(=O)NCCN(CCCCCCCC(=O)OC(CCCCCCCC)CCCCCCCC)CCCCCOC(=O)CCCCCCCCCCC. The standard InChI is InChI=1S/C92H178N4O10/c1-7-13-19-25-31-33-35-43-55-69-89(99)103-83-63-49-61-79-95(77-59-47-37-45-57-71-91(101)105-85(65-51-39-27-21-15-9-3)66-52-40-28-22-16-10-4)81-75-93-87(97)73-74-88(98)94-76-82-96(80-62-50-64-84-104-90(100)70-56-44-36-34-32-26-20-14-8-2)78-60-48-38-46-58-72-92(102)106-86(67-53-41-29-23-17-11-5)68-54-42-30-24-18-12-6/h85-86H,7-84H2,1-6H3,(H,93,97)(H,94,98). The average molecular weight is 1500 g/mol. The summed E-state index contributed by atoms with van der Waals surface area (Å²) in [7, 11) is 0. The van der Waals surface area contributed by atoms with Gasteiger partial charge in [-0.15, -0.1) is 0 Å². The van der Waals surface area contributed by atoms with Crippen LogP contribution < -0.4 is 10.6 Å². The summed E-state index contributed by atoms with van der Waals surface area (Å²) in [4.78, 5) is 82.5. The molecule has 0 atom stereocenters. The zero-order chi connectivity index (χ0) is 77.2. The molecule has 0 saturated heterocycles. The molecule has 0 fully saturated rings. The van der Waals surface area contributed by atoms with E-state index in [1.54, 1.807) is 0 Å². The molecule has 0 spiro atoms. The number of hydrogen-bond acceptors (Lipinski definition) is 12. The molecule has 0 aliphatic heterocycles. The van der Waals surface area contributed by atoms with Crippen molar-refractivity contribution in [2.75, 3.05) is 65.6 Å². The van der Waals surface area contributed by atoms with Crippen LogP contribution >= 0.6 is 0 Å². The third-order valence-corrected chi connectivity index (χ3v) is 21.6. The molecule has 0 bridgehead atoms. The van der Waals surface area contributed by atoms with Crippen molar-refractivity contribution in [3.8, 4) is 0 Å². The smallest absolute Gasteiger partial charge is 0.306 e. The van der Waals surface area contributed by atoms with E-state index in [4.69, 9.17) is 18.9 Å². The van der Waals surface area contributed by atoms with E-state index in [2.05, 4.69) is 62.0 Å². The lowest BCUT2D eigenvalue weighted by Crippen LogP contribution is -2.37. The van der Waals surface area contributed by atoms with E-state index in [-0.39, 0.29) is 60.7 Å². The Hall–Kier alpha value is -3.26. The Balaban J connectivity index is 5.37. The zero-order valence-electron chi connectivity index (χ0n) is 71.3. The highest BCUT2D eigenvalue weighted by molar-refractivity contribution is 5.83. The summed E-state index contributed by atoms with van der Waals surface area (Å²) in [6, 6.07) is 0. The number of esters is 4. The molecule has 626 valence electrons. The van der Waals surface area contributed by atoms with Crippen LogP contribution in [0.2, 0.25) is 0 Å². The van der Waals surface area contributed by atoms with Crippen molar-refractivity contribution in [1.82, 2.24) is 20.4 Å². The first-order valence-electron chi connectivity index (χ1n) is 46.7. The Bertz CT molecular complexity index is 1740. The molecule has 0 aliphatic carbocycles. The van der Waals surface area contributed by atoms with Gasteiger partial charge in [-0.1, -0.05) is 311 Å². The number of nitrogens with one attached hydrogen (secondary N) is 2. The second-order valence-electron chi connectivity index (χ2n) is 32.1. The van der Waals surface area contributed by atoms with E-state index in [0.29, 0.717) is 52.0 Å². The van der Waals surface area contributed by atoms with Gasteiger partial charge in [-0.3, -0.25) is 28.8 Å². The van der Waals surface area contributed by atoms with Crippen LogP contribution in [0.4, 0.5) is 0 Å². The minimum atomic E-state index is -0.113. The second-order valence-corrected chi connectivity index (χ2v) is 32.1. The van der Waals surface area contributed by atoms with Gasteiger partial charge in [0, 0.05) is 64.7 Å². The van der Waals surface area contributed by atoms with Crippen molar-refractivity contribution >= 4 is 35.7 Å². The highest BCUT2D eigenvalue weighted by Crippen LogP contribution is 2.22. The fourth-order valence-corrected chi connectivity index (χ4v) is 14.6. The minimum absolute atomic E-state index is 0.0246. The molecule has 0 aromatic carbocycles. The Labute approximate surface area is 656 Å². The molecule has 0 saturated carbocycles. The highest BCUT2D eigenvalue weighted by Gasteiger charge is 2.18. The topological polar surface area (TPSA) is 170 Å². The van der Waals surface area contributed by atoms with Gasteiger partial charge in [-0.05, 0) is 155 Å². The van der Waals surface area contributed by atoms with Crippen LogP contribution in [0.3, 0.4) is 0 Å². The first-order valence-corrected chi connectivity index (χ1v) is 46.7. The van der Waals surface area contributed by atoms with Crippen molar-refractivity contribution in [1.29, 1.82) is 0 Å². The van der Waals surface area contributed by atoms with Crippen LogP contribution in [-0.2, 0) is 47.7 Å². The molecular weight excluding hydrogens is 1320 g/mol. The number of rotatable bonds is 87. The summed E-state index contributed by atoms with van der Waals surface area (Å²) >= 11 is 0. The largest absolute Gasteiger partial charge is 0.466 e. The third kappa shape index (κ3) is 77.5. The molecule has 0 unspecified atom stereocenters. The minimum Gasteiger partial charge on any atom is -0.466 e. The van der Waals surface area contributed by atoms with Crippen LogP contribution in [0.25, 0.3) is 0 Å². The summed E-state index contributed by atoms with van der Waals surface area (Å²) in [5.41, 5.74) is 0. The lowest BCUT2D eigenvalue weighted by Gasteiger charge is -2.23. The maximum Gasteiger partial charge on any atom is 0.306 e. The molecule has 14 nitrogen and oxygen atoms in total. The number of amides is 2. The fraction of sp³-hybridized carbons (Fsp3) is 0.935. The lowest BCUT2D eigenvalue weighted by atomic mass is 10.0. The van der Waals surface area contributed by atoms with Crippen LogP contribution in [-0.4, -0.2) is 123 Å². The molecule has 0 aromatic rings. The summed E-state index contributed by atoms with van der Waals surface area (Å²) < 4.78 is 23.5. The number of ether oxygens (including phenoxy) is 4. The first-order chi connectivity index (χ1) is 52.0. The average Bonchev–Trinajstić information content (AvgIpc) is 1.09. The van der Waals surface area contributed by atoms with Crippen molar-refractivity contribution in [2.24, 2.45) is 0 Å². The molecule has 14 heteroatoms. The van der Waals surface area contributed by atoms with Crippen molar-refractivity contribution in [3.63, 3.8) is 0 Å². The summed E-state index contributed by atoms with van der Waals surface area (Å²) in [5.74, 6) is -0.426. The molecular formula is C92H178N4O10. The Morgan fingerprint density at radius 3 is 0.689 bits per heavy atom. The Morgan fingerprint density at radius 2 is 0.434 bits per heavy atom. The summed E-state index contributed by atoms with van der Waals surface area (Å²) in [6.45, 7) is 20.6. The van der Waals surface area contributed by atoms with Gasteiger partial charge in [0.15, 0.2) is 0 Å². The van der Waals surface area contributed by atoms with Crippen molar-refractivity contribution < 1.29 is 47.7 Å². The maximum absolute atomic E-state index is 13.2. The quantitative estimate of drug-likeness (QED) is 0.0336. The van der Waals surface area contributed by atoms with Crippen molar-refractivity contribution in [2.45, 2.75) is 490 Å². The zero-order valence-corrected chi connectivity index (χ0v) is 71.3. The number of unbranched alkanes of at least 4 members (excludes halogenated alkanes) is 48. The third-order valence-electron chi connectivity index (χ3n) is 21.6. The van der Waals surface area contributed by atoms with Gasteiger partial charge < -0.3 is 39.4 Å². The van der Waals surface area contributed by atoms with Gasteiger partial charge in [-0.2, -0.15) is 0 Å². The molecule has 106 heavy (non-hydrogen) atoms. The van der Waals surface area contributed by atoms with Crippen LogP contribution in [0.5, 0.6) is 0 Å². The summed E-state index contributed by atoms with van der Waals surface area (Å²) in [6.07, 6.45) is 74.2. The second kappa shape index (κ2) is 84.2. The van der Waals surface area contributed by atoms with E-state index in [0.717, 1.165) is 219 Å². The van der Waals surface area contributed by atoms with Gasteiger partial charge in [-0.25, -0.2) is 0 Å². The van der Waals surface area contributed by atoms with Gasteiger partial charge in [0.05, 0.1) is 13.2 Å². The van der Waals surface area contributed by atoms with E-state index in [1.807, 2.05) is 0 Å². The predicted molar refractivity (Wildman–Crippen MR) is 449 cm³/mol. The Morgan fingerprint density at radius 1 is 0.226 bits per heavy atom. The predicted octanol–water partition coefficient (Wildman–Crippen LogP) is 25.4. The van der Waals surface area contributed by atoms with Gasteiger partial charge in [0.25, 0.3) is 0 Å². The van der Waals surface area contributed by atoms with E-state index >= 15 is 0 Å². The van der Waals surface area contributed by atoms with Gasteiger partial charge in [0.2, 0.25) is 11.8 Å². The molecule has 2 N–H and O–H groups in total. The van der Waals surface area contributed by atoms with E-state index in [1.165, 1.54) is 218 Å². The summed E-state index contributed by atoms with van der Waals surface area (Å²) in [5, 5.41) is 6.23.